The number of hydrogen-bond donors (Lipinski definition) is 4. The summed E-state index contributed by atoms with van der Waals surface area (Å²) >= 11 is 1.21. The lowest BCUT2D eigenvalue weighted by molar-refractivity contribution is -0.150. The summed E-state index contributed by atoms with van der Waals surface area (Å²) in [5.74, 6) is -5.11. The number of rotatable bonds is 9. The summed E-state index contributed by atoms with van der Waals surface area (Å²) in [4.78, 5) is 75.1. The average Bonchev–Trinajstić information content (AvgIpc) is 3.08. The van der Waals surface area contributed by atoms with Gasteiger partial charge in [0, 0.05) is 12.2 Å². The van der Waals surface area contributed by atoms with Crippen molar-refractivity contribution >= 4 is 47.3 Å². The van der Waals surface area contributed by atoms with Gasteiger partial charge in [0.15, 0.2) is 0 Å². The van der Waals surface area contributed by atoms with Crippen LogP contribution in [0.1, 0.15) is 40.0 Å². The summed E-state index contributed by atoms with van der Waals surface area (Å²) in [5, 5.41) is 30.3. The van der Waals surface area contributed by atoms with Crippen LogP contribution in [0.5, 0.6) is 0 Å². The monoisotopic (exact) mass is 503 g/mol. The summed E-state index contributed by atoms with van der Waals surface area (Å²) < 4.78 is 0. The maximum atomic E-state index is 12.6. The van der Waals surface area contributed by atoms with Gasteiger partial charge >= 0.3 is 11.9 Å². The molecular weight excluding hydrogens is 482 g/mol. The van der Waals surface area contributed by atoms with E-state index >= 15 is 0 Å². The van der Waals surface area contributed by atoms with E-state index in [2.05, 4.69) is 5.32 Å². The third kappa shape index (κ3) is 4.17. The van der Waals surface area contributed by atoms with Crippen molar-refractivity contribution in [2.75, 3.05) is 12.4 Å². The highest BCUT2D eigenvalue weighted by molar-refractivity contribution is 8.00. The fraction of sp³-hybridized carbons (Fsp3) is 0.364. The Morgan fingerprint density at radius 2 is 1.71 bits per heavy atom. The average molecular weight is 503 g/mol. The zero-order valence-corrected chi connectivity index (χ0v) is 19.0. The number of nitrogens with zero attached hydrogens (tertiary/aromatic N) is 2. The number of carboxylic acid groups (broad SMARTS) is 2. The van der Waals surface area contributed by atoms with E-state index in [1.165, 1.54) is 23.9 Å². The maximum absolute atomic E-state index is 12.6. The van der Waals surface area contributed by atoms with Crippen molar-refractivity contribution in [3.63, 3.8) is 0 Å². The Balaban J connectivity index is 1.34. The Labute approximate surface area is 202 Å². The first kappa shape index (κ1) is 24.4. The zero-order valence-electron chi connectivity index (χ0n) is 18.2. The molecule has 0 radical (unpaired) electrons. The molecule has 0 aromatic heterocycles. The highest BCUT2D eigenvalue weighted by Gasteiger charge is 2.54. The first-order valence-corrected chi connectivity index (χ1v) is 11.7. The van der Waals surface area contributed by atoms with Crippen molar-refractivity contribution < 1.29 is 44.1 Å². The lowest BCUT2D eigenvalue weighted by Gasteiger charge is -2.49. The molecule has 0 saturated carbocycles. The number of aliphatic hydroxyl groups is 1. The van der Waals surface area contributed by atoms with Crippen molar-refractivity contribution in [3.05, 3.63) is 46.7 Å². The van der Waals surface area contributed by atoms with E-state index in [0.29, 0.717) is 4.90 Å². The molecule has 0 unspecified atom stereocenters. The second kappa shape index (κ2) is 9.50. The Morgan fingerprint density at radius 1 is 1.09 bits per heavy atom. The van der Waals surface area contributed by atoms with Crippen LogP contribution in [0.2, 0.25) is 0 Å². The fourth-order valence-electron chi connectivity index (χ4n) is 4.36. The highest BCUT2D eigenvalue weighted by Crippen LogP contribution is 2.40. The van der Waals surface area contributed by atoms with Crippen molar-refractivity contribution in [1.82, 2.24) is 15.1 Å². The molecule has 4 N–H and O–H groups in total. The molecule has 35 heavy (non-hydrogen) atoms. The van der Waals surface area contributed by atoms with Crippen LogP contribution >= 0.6 is 11.8 Å². The van der Waals surface area contributed by atoms with E-state index in [9.17, 15) is 44.1 Å². The molecule has 0 spiro atoms. The predicted molar refractivity (Wildman–Crippen MR) is 119 cm³/mol. The van der Waals surface area contributed by atoms with Gasteiger partial charge in [-0.15, -0.1) is 11.8 Å². The van der Waals surface area contributed by atoms with Gasteiger partial charge in [0.1, 0.15) is 23.2 Å². The van der Waals surface area contributed by atoms with Crippen molar-refractivity contribution in [1.29, 1.82) is 0 Å². The standard InChI is InChI=1S/C22H21N3O9S/c26-8-10-9-35-20-15(19(30)25(20)16(10)22(33)34)23-14(27)7-3-6-13(21(31)32)24-17(28)11-4-1-2-5-12(11)18(24)29/h1-2,4-5,13,15,20,26H,3,6-9H2,(H,23,27)(H,31,32)(H,33,34)/t13-,15+,20-/m1/s1. The smallest absolute Gasteiger partial charge is 0.352 e. The summed E-state index contributed by atoms with van der Waals surface area (Å²) in [6.07, 6.45) is -0.311. The number of carbonyl (C=O) groups excluding carboxylic acids is 4. The number of carboxylic acids is 2. The zero-order chi connectivity index (χ0) is 25.4. The largest absolute Gasteiger partial charge is 0.480 e. The van der Waals surface area contributed by atoms with Gasteiger partial charge in [-0.05, 0) is 30.5 Å². The maximum Gasteiger partial charge on any atom is 0.352 e. The molecule has 1 fully saturated rings. The summed E-state index contributed by atoms with van der Waals surface area (Å²) in [7, 11) is 0. The molecule has 3 atom stereocenters. The van der Waals surface area contributed by atoms with Gasteiger partial charge in [0.2, 0.25) is 5.91 Å². The molecule has 1 aromatic rings. The quantitative estimate of drug-likeness (QED) is 0.256. The van der Waals surface area contributed by atoms with Gasteiger partial charge in [-0.2, -0.15) is 0 Å². The van der Waals surface area contributed by atoms with Gasteiger partial charge < -0.3 is 20.6 Å². The third-order valence-corrected chi connectivity index (χ3v) is 7.40. The minimum Gasteiger partial charge on any atom is -0.480 e. The van der Waals surface area contributed by atoms with Gasteiger partial charge in [-0.3, -0.25) is 29.0 Å². The number of hydrogen-bond acceptors (Lipinski definition) is 8. The summed E-state index contributed by atoms with van der Waals surface area (Å²) in [6.45, 7) is -0.500. The SMILES string of the molecule is O=C(CCC[C@H](C(=O)O)N1C(=O)c2ccccc2C1=O)N[C@H]1C(=O)N2C(C(=O)O)=C(CO)CS[C@H]12. The van der Waals surface area contributed by atoms with E-state index in [4.69, 9.17) is 0 Å². The molecule has 184 valence electrons. The number of β-lactam (4-membered cyclic amide) rings is 1. The number of amides is 4. The second-order valence-corrected chi connectivity index (χ2v) is 9.25. The van der Waals surface area contributed by atoms with Crippen LogP contribution in [-0.4, -0.2) is 90.5 Å². The minimum absolute atomic E-state index is 0.0214. The van der Waals surface area contributed by atoms with Crippen LogP contribution in [0.25, 0.3) is 0 Å². The van der Waals surface area contributed by atoms with Gasteiger partial charge in [-0.1, -0.05) is 12.1 Å². The van der Waals surface area contributed by atoms with Crippen molar-refractivity contribution in [3.8, 4) is 0 Å². The molecule has 1 saturated heterocycles. The molecule has 4 amide bonds. The van der Waals surface area contributed by atoms with Crippen LogP contribution in [0.15, 0.2) is 35.5 Å². The number of benzene rings is 1. The van der Waals surface area contributed by atoms with E-state index in [0.717, 1.165) is 4.90 Å². The number of thioether (sulfide) groups is 1. The van der Waals surface area contributed by atoms with Crippen LogP contribution in [-0.2, 0) is 19.2 Å². The summed E-state index contributed by atoms with van der Waals surface area (Å²) in [6, 6.07) is 3.62. The number of carbonyl (C=O) groups is 6. The Morgan fingerprint density at radius 3 is 2.26 bits per heavy atom. The van der Waals surface area contributed by atoms with Crippen molar-refractivity contribution in [2.45, 2.75) is 36.7 Å². The van der Waals surface area contributed by atoms with Gasteiger partial charge in [0.05, 0.1) is 17.7 Å². The van der Waals surface area contributed by atoms with Crippen LogP contribution < -0.4 is 5.32 Å². The van der Waals surface area contributed by atoms with E-state index < -0.39 is 59.6 Å². The Bertz CT molecular complexity index is 1150. The first-order chi connectivity index (χ1) is 16.7. The second-order valence-electron chi connectivity index (χ2n) is 8.14. The molecule has 13 heteroatoms. The Kier molecular flexibility index (Phi) is 6.63. The summed E-state index contributed by atoms with van der Waals surface area (Å²) in [5.41, 5.74) is 0.180. The number of fused-ring (bicyclic) bond motifs is 2. The van der Waals surface area contributed by atoms with E-state index in [-0.39, 0.29) is 47.4 Å². The molecule has 4 rings (SSSR count). The molecule has 3 heterocycles. The van der Waals surface area contributed by atoms with E-state index in [1.54, 1.807) is 12.1 Å². The molecular formula is C22H21N3O9S. The number of imide groups is 1. The molecule has 12 nitrogen and oxygen atoms in total. The van der Waals surface area contributed by atoms with Gasteiger partial charge in [0.25, 0.3) is 17.7 Å². The predicted octanol–water partition coefficient (Wildman–Crippen LogP) is -0.363. The molecule has 0 aliphatic carbocycles. The fourth-order valence-corrected chi connectivity index (χ4v) is 5.70. The molecule has 3 aliphatic heterocycles. The lowest BCUT2D eigenvalue weighted by atomic mass is 10.0. The van der Waals surface area contributed by atoms with Crippen LogP contribution in [0, 0.1) is 0 Å². The normalized spacial score (nSPS) is 21.9. The van der Waals surface area contributed by atoms with Gasteiger partial charge in [-0.25, -0.2) is 9.59 Å². The Hall–Kier alpha value is -3.71. The first-order valence-electron chi connectivity index (χ1n) is 10.7. The van der Waals surface area contributed by atoms with Crippen LogP contribution in [0.3, 0.4) is 0 Å². The number of aliphatic carboxylic acids is 2. The number of nitrogens with one attached hydrogen (secondary N) is 1. The van der Waals surface area contributed by atoms with E-state index in [1.807, 2.05) is 0 Å². The topological polar surface area (TPSA) is 182 Å². The highest BCUT2D eigenvalue weighted by atomic mass is 32.2. The van der Waals surface area contributed by atoms with Crippen LogP contribution in [0.4, 0.5) is 0 Å². The molecule has 0 bridgehead atoms. The minimum atomic E-state index is -1.45. The third-order valence-electron chi connectivity index (χ3n) is 6.06. The molecule has 1 aromatic carbocycles. The van der Waals surface area contributed by atoms with Crippen molar-refractivity contribution in [2.24, 2.45) is 0 Å². The molecule has 3 aliphatic rings. The lowest BCUT2D eigenvalue weighted by Crippen LogP contribution is -2.70. The number of aliphatic hydroxyl groups excluding tert-OH is 1.